The van der Waals surface area contributed by atoms with Crippen molar-refractivity contribution >= 4 is 22.4 Å². The number of hydrogen-bond acceptors (Lipinski definition) is 5. The number of benzene rings is 2. The first kappa shape index (κ1) is 17.5. The van der Waals surface area contributed by atoms with Gasteiger partial charge >= 0.3 is 0 Å². The number of methoxy groups -OCH3 is 1. The van der Waals surface area contributed by atoms with Crippen LogP contribution in [0.25, 0.3) is 11.3 Å². The molecule has 0 aliphatic carbocycles. The molecule has 27 heavy (non-hydrogen) atoms. The summed E-state index contributed by atoms with van der Waals surface area (Å²) in [5.41, 5.74) is 2.25. The highest BCUT2D eigenvalue weighted by atomic mass is 32.1. The zero-order valence-corrected chi connectivity index (χ0v) is 15.4. The van der Waals surface area contributed by atoms with Gasteiger partial charge < -0.3 is 14.8 Å². The third-order valence-electron chi connectivity index (χ3n) is 4.43. The van der Waals surface area contributed by atoms with Crippen LogP contribution in [0.2, 0.25) is 0 Å². The van der Waals surface area contributed by atoms with Crippen LogP contribution in [0.3, 0.4) is 0 Å². The van der Waals surface area contributed by atoms with Gasteiger partial charge in [0.25, 0.3) is 0 Å². The van der Waals surface area contributed by atoms with Crippen LogP contribution in [-0.4, -0.2) is 24.6 Å². The lowest BCUT2D eigenvalue weighted by atomic mass is 9.96. The van der Waals surface area contributed by atoms with Crippen molar-refractivity contribution in [3.8, 4) is 22.8 Å². The third-order valence-corrected chi connectivity index (χ3v) is 5.19. The lowest BCUT2D eigenvalue weighted by Gasteiger charge is -2.24. The van der Waals surface area contributed by atoms with Gasteiger partial charge in [-0.15, -0.1) is 11.3 Å². The Bertz CT molecular complexity index is 989. The number of carbonyl (C=O) groups is 1. The van der Waals surface area contributed by atoms with Crippen molar-refractivity contribution in [3.63, 3.8) is 0 Å². The van der Waals surface area contributed by atoms with Gasteiger partial charge in [0.15, 0.2) is 16.7 Å². The van der Waals surface area contributed by atoms with Crippen LogP contribution in [0.5, 0.6) is 11.5 Å². The largest absolute Gasteiger partial charge is 0.494 e. The zero-order valence-electron chi connectivity index (χ0n) is 14.6. The molecular formula is C20H17FN2O3S. The van der Waals surface area contributed by atoms with Crippen molar-refractivity contribution in [2.45, 2.75) is 6.42 Å². The first-order valence-electron chi connectivity index (χ1n) is 8.45. The van der Waals surface area contributed by atoms with E-state index in [1.54, 1.807) is 17.5 Å². The van der Waals surface area contributed by atoms with Gasteiger partial charge in [-0.1, -0.05) is 18.2 Å². The van der Waals surface area contributed by atoms with E-state index in [9.17, 15) is 9.18 Å². The minimum atomic E-state index is -0.452. The third kappa shape index (κ3) is 3.64. The maximum atomic E-state index is 13.9. The maximum Gasteiger partial charge on any atom is 0.233 e. The predicted molar refractivity (Wildman–Crippen MR) is 102 cm³/mol. The average Bonchev–Trinajstić information content (AvgIpc) is 3.16. The minimum absolute atomic E-state index is 0.133. The van der Waals surface area contributed by atoms with Gasteiger partial charge in [-0.2, -0.15) is 0 Å². The number of aromatic nitrogens is 1. The number of thiazole rings is 1. The van der Waals surface area contributed by atoms with E-state index in [-0.39, 0.29) is 17.6 Å². The first-order valence-corrected chi connectivity index (χ1v) is 9.33. The van der Waals surface area contributed by atoms with Crippen molar-refractivity contribution in [1.82, 2.24) is 4.98 Å². The standard InChI is InChI=1S/C20H17FN2O3S/c1-25-18-7-6-12(9-15(18)21)16-11-27-20(22-16)23-19(24)14-8-13-4-2-3-5-17(13)26-10-14/h2-7,9,11,14H,8,10H2,1H3,(H,22,23,24). The molecule has 2 heterocycles. The molecule has 1 aliphatic heterocycles. The number of anilines is 1. The number of amides is 1. The summed E-state index contributed by atoms with van der Waals surface area (Å²) in [4.78, 5) is 17.0. The average molecular weight is 384 g/mol. The summed E-state index contributed by atoms with van der Waals surface area (Å²) in [7, 11) is 1.42. The number of ether oxygens (including phenoxy) is 2. The van der Waals surface area contributed by atoms with Gasteiger partial charge in [-0.25, -0.2) is 9.37 Å². The van der Waals surface area contributed by atoms with Crippen LogP contribution in [-0.2, 0) is 11.2 Å². The van der Waals surface area contributed by atoms with Gasteiger partial charge in [0.1, 0.15) is 12.4 Å². The zero-order chi connectivity index (χ0) is 18.8. The summed E-state index contributed by atoms with van der Waals surface area (Å²) >= 11 is 1.30. The van der Waals surface area contributed by atoms with Gasteiger partial charge in [0, 0.05) is 10.9 Å². The topological polar surface area (TPSA) is 60.5 Å². The Morgan fingerprint density at radius 2 is 2.19 bits per heavy atom. The predicted octanol–water partition coefficient (Wildman–Crippen LogP) is 4.15. The highest BCUT2D eigenvalue weighted by Gasteiger charge is 2.26. The number of carbonyl (C=O) groups excluding carboxylic acids is 1. The molecule has 0 saturated carbocycles. The van der Waals surface area contributed by atoms with Crippen LogP contribution in [0.4, 0.5) is 9.52 Å². The van der Waals surface area contributed by atoms with E-state index in [1.807, 2.05) is 24.3 Å². The number of fused-ring (bicyclic) bond motifs is 1. The Balaban J connectivity index is 1.45. The molecule has 5 nitrogen and oxygen atoms in total. The minimum Gasteiger partial charge on any atom is -0.494 e. The molecule has 1 aliphatic rings. The molecule has 0 saturated heterocycles. The van der Waals surface area contributed by atoms with Gasteiger partial charge in [0.2, 0.25) is 5.91 Å². The van der Waals surface area contributed by atoms with Crippen LogP contribution in [0, 0.1) is 11.7 Å². The van der Waals surface area contributed by atoms with E-state index in [1.165, 1.54) is 24.5 Å². The summed E-state index contributed by atoms with van der Waals surface area (Å²) in [5.74, 6) is 0.156. The van der Waals surface area contributed by atoms with Crippen LogP contribution in [0.1, 0.15) is 5.56 Å². The van der Waals surface area contributed by atoms with E-state index >= 15 is 0 Å². The molecule has 1 unspecified atom stereocenters. The number of rotatable bonds is 4. The Kier molecular flexibility index (Phi) is 4.77. The summed E-state index contributed by atoms with van der Waals surface area (Å²) in [5, 5.41) is 5.10. The van der Waals surface area contributed by atoms with E-state index in [4.69, 9.17) is 9.47 Å². The molecule has 1 N–H and O–H groups in total. The Morgan fingerprint density at radius 1 is 1.33 bits per heavy atom. The highest BCUT2D eigenvalue weighted by molar-refractivity contribution is 7.14. The van der Waals surface area contributed by atoms with E-state index in [0.717, 1.165) is 11.3 Å². The SMILES string of the molecule is COc1ccc(-c2csc(NC(=O)C3COc4ccccc4C3)n2)cc1F. The Hall–Kier alpha value is -2.93. The normalized spacial score (nSPS) is 15.6. The molecule has 0 bridgehead atoms. The lowest BCUT2D eigenvalue weighted by Crippen LogP contribution is -2.32. The van der Waals surface area contributed by atoms with Crippen molar-refractivity contribution < 1.29 is 18.7 Å². The van der Waals surface area contributed by atoms with Crippen LogP contribution >= 0.6 is 11.3 Å². The fourth-order valence-corrected chi connectivity index (χ4v) is 3.72. The van der Waals surface area contributed by atoms with E-state index < -0.39 is 5.82 Å². The van der Waals surface area contributed by atoms with E-state index in [0.29, 0.717) is 29.4 Å². The molecule has 0 fully saturated rings. The Labute approximate surface area is 159 Å². The quantitative estimate of drug-likeness (QED) is 0.734. The lowest BCUT2D eigenvalue weighted by molar-refractivity contribution is -0.121. The van der Waals surface area contributed by atoms with Crippen molar-refractivity contribution in [2.75, 3.05) is 19.0 Å². The van der Waals surface area contributed by atoms with Crippen molar-refractivity contribution in [1.29, 1.82) is 0 Å². The molecular weight excluding hydrogens is 367 g/mol. The van der Waals surface area contributed by atoms with Gasteiger partial charge in [0.05, 0.1) is 18.7 Å². The van der Waals surface area contributed by atoms with Crippen LogP contribution < -0.4 is 14.8 Å². The monoisotopic (exact) mass is 384 g/mol. The number of para-hydroxylation sites is 1. The highest BCUT2D eigenvalue weighted by Crippen LogP contribution is 2.30. The molecule has 7 heteroatoms. The molecule has 138 valence electrons. The molecule has 0 radical (unpaired) electrons. The number of hydrogen-bond donors (Lipinski definition) is 1. The van der Waals surface area contributed by atoms with Crippen molar-refractivity contribution in [2.24, 2.45) is 5.92 Å². The summed E-state index contributed by atoms with van der Waals surface area (Å²) in [6, 6.07) is 12.4. The van der Waals surface area contributed by atoms with Crippen LogP contribution in [0.15, 0.2) is 47.8 Å². The molecule has 1 atom stereocenters. The smallest absolute Gasteiger partial charge is 0.233 e. The molecule has 1 aromatic heterocycles. The fraction of sp³-hybridized carbons (Fsp3) is 0.200. The number of nitrogens with one attached hydrogen (secondary N) is 1. The number of halogens is 1. The summed E-state index contributed by atoms with van der Waals surface area (Å²) < 4.78 is 24.5. The first-order chi connectivity index (χ1) is 13.1. The fourth-order valence-electron chi connectivity index (χ4n) is 2.99. The second kappa shape index (κ2) is 7.36. The van der Waals surface area contributed by atoms with E-state index in [2.05, 4.69) is 10.3 Å². The molecule has 1 amide bonds. The van der Waals surface area contributed by atoms with Crippen molar-refractivity contribution in [3.05, 3.63) is 59.2 Å². The summed E-state index contributed by atoms with van der Waals surface area (Å²) in [6.07, 6.45) is 0.629. The van der Waals surface area contributed by atoms with Gasteiger partial charge in [-0.05, 0) is 36.2 Å². The summed E-state index contributed by atoms with van der Waals surface area (Å²) in [6.45, 7) is 0.338. The molecule has 4 rings (SSSR count). The Morgan fingerprint density at radius 3 is 3.00 bits per heavy atom. The second-order valence-corrected chi connectivity index (χ2v) is 7.05. The molecule has 3 aromatic rings. The maximum absolute atomic E-state index is 13.9. The molecule has 0 spiro atoms. The molecule has 2 aromatic carbocycles. The second-order valence-electron chi connectivity index (χ2n) is 6.20. The number of nitrogens with zero attached hydrogens (tertiary/aromatic N) is 1. The van der Waals surface area contributed by atoms with Gasteiger partial charge in [-0.3, -0.25) is 4.79 Å².